The van der Waals surface area contributed by atoms with Crippen LogP contribution in [0.5, 0.6) is 5.75 Å². The summed E-state index contributed by atoms with van der Waals surface area (Å²) in [5.74, 6) is -0.514. The molecule has 6 heteroatoms. The van der Waals surface area contributed by atoms with Gasteiger partial charge in [0.2, 0.25) is 0 Å². The first-order valence-electron chi connectivity index (χ1n) is 7.78. The second-order valence-electron chi connectivity index (χ2n) is 5.41. The summed E-state index contributed by atoms with van der Waals surface area (Å²) < 4.78 is 6.82. The van der Waals surface area contributed by atoms with Crippen LogP contribution >= 0.6 is 15.9 Å². The molecule has 26 heavy (non-hydrogen) atoms. The number of aromatic nitrogens is 2. The van der Waals surface area contributed by atoms with Gasteiger partial charge in [-0.05, 0) is 29.8 Å². The smallest absolute Gasteiger partial charge is 0.356 e. The van der Waals surface area contributed by atoms with Crippen LogP contribution in [0.1, 0.15) is 21.7 Å². The SMILES string of the molecule is C=Cc1nc(C(=O)O)cnc1-c1cc(Br)ccc1OCc1ccccc1. The number of carbonyl (C=O) groups is 1. The predicted molar refractivity (Wildman–Crippen MR) is 103 cm³/mol. The molecular weight excluding hydrogens is 396 g/mol. The van der Waals surface area contributed by atoms with Crippen LogP contribution in [0.25, 0.3) is 17.3 Å². The molecule has 0 saturated carbocycles. The number of carboxylic acids is 1. The van der Waals surface area contributed by atoms with Gasteiger partial charge in [-0.2, -0.15) is 0 Å². The van der Waals surface area contributed by atoms with Crippen LogP contribution in [0, 0.1) is 0 Å². The number of halogens is 1. The van der Waals surface area contributed by atoms with E-state index in [1.807, 2.05) is 48.5 Å². The van der Waals surface area contributed by atoms with E-state index in [4.69, 9.17) is 9.84 Å². The number of hydrogen-bond donors (Lipinski definition) is 1. The average Bonchev–Trinajstić information content (AvgIpc) is 2.67. The number of benzene rings is 2. The lowest BCUT2D eigenvalue weighted by molar-refractivity contribution is 0.0690. The zero-order valence-corrected chi connectivity index (χ0v) is 15.3. The molecule has 3 aromatic rings. The lowest BCUT2D eigenvalue weighted by atomic mass is 10.1. The lowest BCUT2D eigenvalue weighted by Gasteiger charge is -2.13. The Morgan fingerprint density at radius 1 is 1.23 bits per heavy atom. The van der Waals surface area contributed by atoms with E-state index in [0.29, 0.717) is 29.3 Å². The minimum absolute atomic E-state index is 0.134. The molecule has 0 aliphatic carbocycles. The molecule has 0 aliphatic rings. The summed E-state index contributed by atoms with van der Waals surface area (Å²) in [7, 11) is 0. The van der Waals surface area contributed by atoms with Gasteiger partial charge in [0, 0.05) is 10.0 Å². The number of aromatic carboxylic acids is 1. The van der Waals surface area contributed by atoms with Gasteiger partial charge in [0.05, 0.1) is 17.6 Å². The Morgan fingerprint density at radius 3 is 2.69 bits per heavy atom. The largest absolute Gasteiger partial charge is 0.488 e. The van der Waals surface area contributed by atoms with Crippen molar-refractivity contribution in [2.45, 2.75) is 6.61 Å². The number of hydrogen-bond acceptors (Lipinski definition) is 4. The third kappa shape index (κ3) is 3.97. The Bertz CT molecular complexity index is 959. The van der Waals surface area contributed by atoms with Crippen molar-refractivity contribution >= 4 is 28.0 Å². The molecule has 5 nitrogen and oxygen atoms in total. The van der Waals surface area contributed by atoms with Crippen molar-refractivity contribution in [1.29, 1.82) is 0 Å². The Kier molecular flexibility index (Phi) is 5.43. The van der Waals surface area contributed by atoms with Gasteiger partial charge in [0.15, 0.2) is 5.69 Å². The normalized spacial score (nSPS) is 10.3. The van der Waals surface area contributed by atoms with E-state index in [0.717, 1.165) is 10.0 Å². The molecule has 1 heterocycles. The zero-order chi connectivity index (χ0) is 18.5. The van der Waals surface area contributed by atoms with Crippen molar-refractivity contribution in [1.82, 2.24) is 9.97 Å². The van der Waals surface area contributed by atoms with Gasteiger partial charge < -0.3 is 9.84 Å². The third-order valence-corrected chi connectivity index (χ3v) is 4.14. The summed E-state index contributed by atoms with van der Waals surface area (Å²) in [6.45, 7) is 4.12. The van der Waals surface area contributed by atoms with Crippen LogP contribution in [-0.4, -0.2) is 21.0 Å². The van der Waals surface area contributed by atoms with E-state index in [1.165, 1.54) is 12.3 Å². The van der Waals surface area contributed by atoms with Crippen molar-refractivity contribution in [2.75, 3.05) is 0 Å². The molecule has 2 aromatic carbocycles. The molecule has 0 radical (unpaired) electrons. The number of ether oxygens (including phenoxy) is 1. The maximum absolute atomic E-state index is 11.1. The van der Waals surface area contributed by atoms with Crippen molar-refractivity contribution in [3.63, 3.8) is 0 Å². The van der Waals surface area contributed by atoms with Gasteiger partial charge in [0.25, 0.3) is 0 Å². The van der Waals surface area contributed by atoms with Crippen LogP contribution in [0.15, 0.2) is 65.8 Å². The van der Waals surface area contributed by atoms with Gasteiger partial charge in [-0.25, -0.2) is 9.78 Å². The van der Waals surface area contributed by atoms with E-state index in [1.54, 1.807) is 0 Å². The van der Waals surface area contributed by atoms with Crippen molar-refractivity contribution in [3.8, 4) is 17.0 Å². The molecular formula is C20H15BrN2O3. The van der Waals surface area contributed by atoms with E-state index in [-0.39, 0.29) is 5.69 Å². The molecule has 1 aromatic heterocycles. The fourth-order valence-corrected chi connectivity index (χ4v) is 2.77. The second-order valence-corrected chi connectivity index (χ2v) is 6.33. The standard InChI is InChI=1S/C20H15BrN2O3/c1-2-16-19(22-11-17(23-16)20(24)25)15-10-14(21)8-9-18(15)26-12-13-6-4-3-5-7-13/h2-11H,1,12H2,(H,24,25). The highest BCUT2D eigenvalue weighted by Gasteiger charge is 2.16. The van der Waals surface area contributed by atoms with Crippen molar-refractivity contribution in [2.24, 2.45) is 0 Å². The fourth-order valence-electron chi connectivity index (χ4n) is 2.40. The first-order valence-corrected chi connectivity index (χ1v) is 8.57. The molecule has 0 amide bonds. The van der Waals surface area contributed by atoms with Gasteiger partial charge in [-0.15, -0.1) is 0 Å². The Labute approximate surface area is 159 Å². The van der Waals surface area contributed by atoms with Crippen LogP contribution in [-0.2, 0) is 6.61 Å². The molecule has 0 unspecified atom stereocenters. The van der Waals surface area contributed by atoms with Crippen LogP contribution in [0.3, 0.4) is 0 Å². The molecule has 0 aliphatic heterocycles. The first-order chi connectivity index (χ1) is 12.6. The summed E-state index contributed by atoms with van der Waals surface area (Å²) in [6, 6.07) is 15.4. The topological polar surface area (TPSA) is 72.3 Å². The molecule has 0 fully saturated rings. The van der Waals surface area contributed by atoms with Crippen LogP contribution in [0.4, 0.5) is 0 Å². The fraction of sp³-hybridized carbons (Fsp3) is 0.0500. The molecule has 130 valence electrons. The van der Waals surface area contributed by atoms with E-state index < -0.39 is 5.97 Å². The first kappa shape index (κ1) is 17.8. The maximum atomic E-state index is 11.1. The minimum Gasteiger partial charge on any atom is -0.488 e. The van der Waals surface area contributed by atoms with E-state index >= 15 is 0 Å². The maximum Gasteiger partial charge on any atom is 0.356 e. The van der Waals surface area contributed by atoms with Gasteiger partial charge in [-0.1, -0.05) is 52.8 Å². The summed E-state index contributed by atoms with van der Waals surface area (Å²) >= 11 is 3.45. The third-order valence-electron chi connectivity index (χ3n) is 3.65. The summed E-state index contributed by atoms with van der Waals surface area (Å²) in [5, 5.41) is 9.11. The summed E-state index contributed by atoms with van der Waals surface area (Å²) in [5.41, 5.74) is 2.50. The molecule has 1 N–H and O–H groups in total. The highest BCUT2D eigenvalue weighted by molar-refractivity contribution is 9.10. The Balaban J connectivity index is 2.00. The lowest BCUT2D eigenvalue weighted by Crippen LogP contribution is -2.05. The molecule has 0 bridgehead atoms. The minimum atomic E-state index is -1.14. The van der Waals surface area contributed by atoms with Gasteiger partial charge >= 0.3 is 5.97 Å². The van der Waals surface area contributed by atoms with Gasteiger partial charge in [0.1, 0.15) is 12.4 Å². The van der Waals surface area contributed by atoms with Crippen LogP contribution < -0.4 is 4.74 Å². The van der Waals surface area contributed by atoms with Crippen molar-refractivity contribution in [3.05, 3.63) is 82.7 Å². The highest BCUT2D eigenvalue weighted by atomic mass is 79.9. The van der Waals surface area contributed by atoms with E-state index in [2.05, 4.69) is 32.5 Å². The summed E-state index contributed by atoms with van der Waals surface area (Å²) in [4.78, 5) is 19.5. The van der Waals surface area contributed by atoms with Gasteiger partial charge in [-0.3, -0.25) is 4.98 Å². The van der Waals surface area contributed by atoms with E-state index in [9.17, 15) is 4.79 Å². The Hall–Kier alpha value is -2.99. The highest BCUT2D eigenvalue weighted by Crippen LogP contribution is 2.34. The molecule has 3 rings (SSSR count). The predicted octanol–water partition coefficient (Wildman–Crippen LogP) is 4.83. The average molecular weight is 411 g/mol. The van der Waals surface area contributed by atoms with Crippen molar-refractivity contribution < 1.29 is 14.6 Å². The zero-order valence-electron chi connectivity index (χ0n) is 13.7. The quantitative estimate of drug-likeness (QED) is 0.629. The summed E-state index contributed by atoms with van der Waals surface area (Å²) in [6.07, 6.45) is 2.71. The second kappa shape index (κ2) is 7.93. The molecule has 0 atom stereocenters. The molecule has 0 spiro atoms. The number of carboxylic acid groups (broad SMARTS) is 1. The molecule has 0 saturated heterocycles. The monoisotopic (exact) mass is 410 g/mol. The van der Waals surface area contributed by atoms with Crippen LogP contribution in [0.2, 0.25) is 0 Å². The number of rotatable bonds is 6. The number of nitrogens with zero attached hydrogens (tertiary/aromatic N) is 2. The Morgan fingerprint density at radius 2 is 2.00 bits per heavy atom.